The molecule has 0 saturated heterocycles. The van der Waals surface area contributed by atoms with Crippen molar-refractivity contribution >= 4 is 39.9 Å². The Hall–Kier alpha value is -1.92. The van der Waals surface area contributed by atoms with Gasteiger partial charge in [0.15, 0.2) is 5.13 Å². The van der Waals surface area contributed by atoms with Crippen LogP contribution in [-0.4, -0.2) is 29.0 Å². The van der Waals surface area contributed by atoms with E-state index in [1.54, 1.807) is 13.1 Å². The molecule has 27 heavy (non-hydrogen) atoms. The summed E-state index contributed by atoms with van der Waals surface area (Å²) in [6.07, 6.45) is 4.99. The molecule has 0 radical (unpaired) electrons. The molecule has 7 heteroatoms. The second-order valence-electron chi connectivity index (χ2n) is 6.99. The molecule has 0 aliphatic heterocycles. The van der Waals surface area contributed by atoms with Crippen LogP contribution in [0.1, 0.15) is 38.5 Å². The number of thiazole rings is 1. The van der Waals surface area contributed by atoms with E-state index in [2.05, 4.69) is 4.98 Å². The lowest BCUT2D eigenvalue weighted by Crippen LogP contribution is -2.38. The number of halogens is 1. The van der Waals surface area contributed by atoms with Crippen LogP contribution in [-0.2, 0) is 9.59 Å². The molecule has 1 fully saturated rings. The molecule has 0 spiro atoms. The number of carbonyl (C=O) groups is 2. The van der Waals surface area contributed by atoms with E-state index < -0.39 is 11.9 Å². The number of hydrogen-bond acceptors (Lipinski definition) is 4. The fourth-order valence-electron chi connectivity index (χ4n) is 3.73. The highest BCUT2D eigenvalue weighted by atomic mass is 35.5. The van der Waals surface area contributed by atoms with Crippen molar-refractivity contribution in [2.45, 2.75) is 38.5 Å². The van der Waals surface area contributed by atoms with E-state index in [1.807, 2.05) is 23.6 Å². The molecule has 1 aromatic carbocycles. The van der Waals surface area contributed by atoms with Gasteiger partial charge in [-0.15, -0.1) is 11.3 Å². The summed E-state index contributed by atoms with van der Waals surface area (Å²) in [5.41, 5.74) is 1.53. The van der Waals surface area contributed by atoms with Gasteiger partial charge in [0.1, 0.15) is 0 Å². The Labute approximate surface area is 168 Å². The number of carboxylic acid groups (broad SMARTS) is 1. The lowest BCUT2D eigenvalue weighted by Gasteiger charge is -2.30. The molecule has 1 aliphatic rings. The zero-order valence-corrected chi connectivity index (χ0v) is 16.8. The molecule has 1 heterocycles. The lowest BCUT2D eigenvalue weighted by atomic mass is 9.78. The Kier molecular flexibility index (Phi) is 6.50. The van der Waals surface area contributed by atoms with E-state index in [4.69, 9.17) is 11.6 Å². The summed E-state index contributed by atoms with van der Waals surface area (Å²) in [6.45, 7) is 0. The summed E-state index contributed by atoms with van der Waals surface area (Å²) < 4.78 is 0. The van der Waals surface area contributed by atoms with E-state index in [1.165, 1.54) is 16.2 Å². The molecule has 0 unspecified atom stereocenters. The molecule has 0 bridgehead atoms. The molecule has 1 atom stereocenters. The molecular formula is C20H23ClN2O3S. The van der Waals surface area contributed by atoms with Gasteiger partial charge in [0.25, 0.3) is 0 Å². The largest absolute Gasteiger partial charge is 0.481 e. The van der Waals surface area contributed by atoms with Gasteiger partial charge in [-0.05, 0) is 24.8 Å². The van der Waals surface area contributed by atoms with E-state index >= 15 is 0 Å². The second-order valence-corrected chi connectivity index (χ2v) is 8.24. The van der Waals surface area contributed by atoms with Crippen LogP contribution < -0.4 is 4.90 Å². The molecule has 3 rings (SSSR count). The second kappa shape index (κ2) is 8.85. The normalized spacial score (nSPS) is 16.1. The maximum absolute atomic E-state index is 13.1. The van der Waals surface area contributed by atoms with E-state index in [-0.39, 0.29) is 18.2 Å². The molecule has 1 amide bonds. The number of carboxylic acids is 1. The smallest absolute Gasteiger partial charge is 0.304 e. The number of rotatable bonds is 6. The van der Waals surface area contributed by atoms with Crippen LogP contribution in [0, 0.1) is 11.8 Å². The molecule has 2 aromatic rings. The van der Waals surface area contributed by atoms with Crippen molar-refractivity contribution in [2.75, 3.05) is 11.9 Å². The first kappa shape index (κ1) is 19.8. The van der Waals surface area contributed by atoms with Gasteiger partial charge >= 0.3 is 5.97 Å². The Bertz CT molecular complexity index is 817. The van der Waals surface area contributed by atoms with Crippen molar-refractivity contribution in [3.05, 3.63) is 34.7 Å². The minimum atomic E-state index is -0.928. The van der Waals surface area contributed by atoms with Gasteiger partial charge in [0.05, 0.1) is 18.0 Å². The zero-order chi connectivity index (χ0) is 19.4. The minimum absolute atomic E-state index is 0.128. The van der Waals surface area contributed by atoms with Gasteiger partial charge in [-0.2, -0.15) is 0 Å². The number of amides is 1. The van der Waals surface area contributed by atoms with Crippen LogP contribution in [0.15, 0.2) is 29.6 Å². The third kappa shape index (κ3) is 4.68. The highest BCUT2D eigenvalue weighted by Crippen LogP contribution is 2.35. The quantitative estimate of drug-likeness (QED) is 0.724. The standard InChI is InChI=1S/C20H23ClN2O3S/c1-23(19(26)15(11-18(24)25)13-7-3-2-4-8-13)20-22-17(12-27-20)14-9-5-6-10-16(14)21/h5-6,9-10,12-13,15H,2-4,7-8,11H2,1H3,(H,24,25)/t15-/m0/s1. The van der Waals surface area contributed by atoms with Crippen LogP contribution in [0.3, 0.4) is 0 Å². The Morgan fingerprint density at radius 2 is 2.00 bits per heavy atom. The van der Waals surface area contributed by atoms with Crippen LogP contribution in [0.5, 0.6) is 0 Å². The highest BCUT2D eigenvalue weighted by molar-refractivity contribution is 7.14. The molecular weight excluding hydrogens is 384 g/mol. The first-order chi connectivity index (χ1) is 13.0. The third-order valence-electron chi connectivity index (χ3n) is 5.19. The summed E-state index contributed by atoms with van der Waals surface area (Å²) >= 11 is 7.60. The van der Waals surface area contributed by atoms with Crippen molar-refractivity contribution in [1.29, 1.82) is 0 Å². The van der Waals surface area contributed by atoms with Crippen molar-refractivity contribution in [3.63, 3.8) is 0 Å². The summed E-state index contributed by atoms with van der Waals surface area (Å²) in [4.78, 5) is 30.5. The predicted octanol–water partition coefficient (Wildman–Crippen LogP) is 5.10. The SMILES string of the molecule is CN(C(=O)[C@@H](CC(=O)O)C1CCCCC1)c1nc(-c2ccccc2Cl)cs1. The van der Waals surface area contributed by atoms with Crippen LogP contribution >= 0.6 is 22.9 Å². The molecule has 144 valence electrons. The van der Waals surface area contributed by atoms with Crippen molar-refractivity contribution in [1.82, 2.24) is 4.98 Å². The van der Waals surface area contributed by atoms with Gasteiger partial charge in [-0.25, -0.2) is 4.98 Å². The van der Waals surface area contributed by atoms with Crippen LogP contribution in [0.2, 0.25) is 5.02 Å². The first-order valence-electron chi connectivity index (χ1n) is 9.17. The number of anilines is 1. The number of aliphatic carboxylic acids is 1. The number of nitrogens with zero attached hydrogens (tertiary/aromatic N) is 2. The summed E-state index contributed by atoms with van der Waals surface area (Å²) in [5.74, 6) is -1.46. The summed E-state index contributed by atoms with van der Waals surface area (Å²) in [7, 11) is 1.68. The fraction of sp³-hybridized carbons (Fsp3) is 0.450. The van der Waals surface area contributed by atoms with Gasteiger partial charge in [-0.1, -0.05) is 49.1 Å². The van der Waals surface area contributed by atoms with Gasteiger partial charge < -0.3 is 5.11 Å². The van der Waals surface area contributed by atoms with Crippen molar-refractivity contribution < 1.29 is 14.7 Å². The number of carbonyl (C=O) groups excluding carboxylic acids is 1. The molecule has 1 N–H and O–H groups in total. The molecule has 1 saturated carbocycles. The highest BCUT2D eigenvalue weighted by Gasteiger charge is 2.34. The van der Waals surface area contributed by atoms with E-state index in [0.717, 1.165) is 37.7 Å². The average molecular weight is 407 g/mol. The number of benzene rings is 1. The maximum Gasteiger partial charge on any atom is 0.304 e. The molecule has 1 aromatic heterocycles. The van der Waals surface area contributed by atoms with E-state index in [9.17, 15) is 14.7 Å². The van der Waals surface area contributed by atoms with Gasteiger partial charge in [0.2, 0.25) is 5.91 Å². The zero-order valence-electron chi connectivity index (χ0n) is 15.2. The van der Waals surface area contributed by atoms with Crippen molar-refractivity contribution in [3.8, 4) is 11.3 Å². The number of aromatic nitrogens is 1. The van der Waals surface area contributed by atoms with Gasteiger partial charge in [0, 0.05) is 23.0 Å². The van der Waals surface area contributed by atoms with Crippen LogP contribution in [0.4, 0.5) is 5.13 Å². The third-order valence-corrected chi connectivity index (χ3v) is 6.44. The van der Waals surface area contributed by atoms with Crippen molar-refractivity contribution in [2.24, 2.45) is 11.8 Å². The lowest BCUT2D eigenvalue weighted by molar-refractivity contribution is -0.141. The minimum Gasteiger partial charge on any atom is -0.481 e. The topological polar surface area (TPSA) is 70.5 Å². The summed E-state index contributed by atoms with van der Waals surface area (Å²) in [6, 6.07) is 7.44. The molecule has 5 nitrogen and oxygen atoms in total. The van der Waals surface area contributed by atoms with Crippen LogP contribution in [0.25, 0.3) is 11.3 Å². The van der Waals surface area contributed by atoms with Gasteiger partial charge in [-0.3, -0.25) is 14.5 Å². The fourth-order valence-corrected chi connectivity index (χ4v) is 4.76. The monoisotopic (exact) mass is 406 g/mol. The Balaban J connectivity index is 1.80. The average Bonchev–Trinajstić information content (AvgIpc) is 3.16. The predicted molar refractivity (Wildman–Crippen MR) is 108 cm³/mol. The Morgan fingerprint density at radius 3 is 2.67 bits per heavy atom. The summed E-state index contributed by atoms with van der Waals surface area (Å²) in [5, 5.41) is 12.3. The molecule has 1 aliphatic carbocycles. The number of hydrogen-bond donors (Lipinski definition) is 1. The maximum atomic E-state index is 13.1. The van der Waals surface area contributed by atoms with E-state index in [0.29, 0.717) is 15.8 Å². The Morgan fingerprint density at radius 1 is 1.30 bits per heavy atom. The first-order valence-corrected chi connectivity index (χ1v) is 10.4.